The zero-order chi connectivity index (χ0) is 27.0. The van der Waals surface area contributed by atoms with Gasteiger partial charge >= 0.3 is 11.9 Å². The minimum absolute atomic E-state index is 0.00294. The van der Waals surface area contributed by atoms with Crippen molar-refractivity contribution in [3.63, 3.8) is 0 Å². The number of carbonyl (C=O) groups excluding carboxylic acids is 3. The maximum atomic E-state index is 13.5. The zero-order valence-electron chi connectivity index (χ0n) is 24.4. The Bertz CT molecular complexity index is 1060. The number of hydrogen-bond acceptors (Lipinski definition) is 5. The summed E-state index contributed by atoms with van der Waals surface area (Å²) in [6, 6.07) is 0. The van der Waals surface area contributed by atoms with Crippen LogP contribution in [0.2, 0.25) is 0 Å². The van der Waals surface area contributed by atoms with Crippen molar-refractivity contribution >= 4 is 17.7 Å². The zero-order valence-corrected chi connectivity index (χ0v) is 24.4. The molecule has 11 atom stereocenters. The van der Waals surface area contributed by atoms with Crippen LogP contribution in [-0.4, -0.2) is 29.4 Å². The van der Waals surface area contributed by atoms with Gasteiger partial charge in [-0.25, -0.2) is 0 Å². The van der Waals surface area contributed by atoms with Crippen molar-refractivity contribution in [2.75, 3.05) is 0 Å². The van der Waals surface area contributed by atoms with E-state index in [0.29, 0.717) is 24.2 Å². The minimum atomic E-state index is -0.956. The second-order valence-corrected chi connectivity index (χ2v) is 15.7. The van der Waals surface area contributed by atoms with Crippen LogP contribution in [0, 0.1) is 56.7 Å². The molecule has 2 saturated heterocycles. The van der Waals surface area contributed by atoms with Gasteiger partial charge in [0.2, 0.25) is 0 Å². The SMILES string of the molecule is CC(=O)O[C@H]1CC[C@@]2(C)[C@H]3CC[C@H]4[C@H]5[C@H](C)[C@@]6(C)OC(=O)[C@]5(CC[C@@]4(C)[C@@]3(C)CC[C@H]2C1(C)C)CC6=O. The van der Waals surface area contributed by atoms with Crippen molar-refractivity contribution in [3.8, 4) is 0 Å². The highest BCUT2D eigenvalue weighted by atomic mass is 16.6. The molecule has 0 N–H and O–H groups in total. The van der Waals surface area contributed by atoms with Crippen molar-refractivity contribution < 1.29 is 23.9 Å². The largest absolute Gasteiger partial charge is 0.462 e. The van der Waals surface area contributed by atoms with Gasteiger partial charge < -0.3 is 9.47 Å². The third kappa shape index (κ3) is 2.85. The van der Waals surface area contributed by atoms with E-state index in [1.807, 2.05) is 6.92 Å². The van der Waals surface area contributed by atoms with E-state index < -0.39 is 11.0 Å². The first-order chi connectivity index (χ1) is 17.1. The molecule has 2 heterocycles. The van der Waals surface area contributed by atoms with Gasteiger partial charge in [-0.2, -0.15) is 0 Å². The van der Waals surface area contributed by atoms with Gasteiger partial charge in [0.25, 0.3) is 0 Å². The molecule has 5 nitrogen and oxygen atoms in total. The second kappa shape index (κ2) is 7.42. The van der Waals surface area contributed by atoms with E-state index in [-0.39, 0.29) is 57.3 Å². The summed E-state index contributed by atoms with van der Waals surface area (Å²) < 4.78 is 11.8. The molecule has 0 aromatic rings. The summed E-state index contributed by atoms with van der Waals surface area (Å²) in [5.74, 6) is 1.79. The van der Waals surface area contributed by atoms with E-state index in [2.05, 4.69) is 41.5 Å². The lowest BCUT2D eigenvalue weighted by atomic mass is 9.30. The summed E-state index contributed by atoms with van der Waals surface area (Å²) in [6.07, 6.45) is 8.93. The Morgan fingerprint density at radius 1 is 0.865 bits per heavy atom. The quantitative estimate of drug-likeness (QED) is 0.374. The Hall–Kier alpha value is -1.39. The first kappa shape index (κ1) is 25.9. The van der Waals surface area contributed by atoms with Crippen LogP contribution in [0.3, 0.4) is 0 Å². The Labute approximate surface area is 223 Å². The molecule has 0 radical (unpaired) electrons. The van der Waals surface area contributed by atoms with Crippen LogP contribution >= 0.6 is 0 Å². The van der Waals surface area contributed by atoms with Gasteiger partial charge in [-0.1, -0.05) is 41.5 Å². The van der Waals surface area contributed by atoms with Gasteiger partial charge in [-0.05, 0) is 98.2 Å². The topological polar surface area (TPSA) is 69.7 Å². The van der Waals surface area contributed by atoms with Crippen LogP contribution in [0.4, 0.5) is 0 Å². The maximum Gasteiger partial charge on any atom is 0.313 e. The average molecular weight is 513 g/mol. The van der Waals surface area contributed by atoms with E-state index in [0.717, 1.165) is 32.1 Å². The number of ether oxygens (including phenoxy) is 2. The number of esters is 2. The number of hydrogen-bond donors (Lipinski definition) is 0. The third-order valence-corrected chi connectivity index (χ3v) is 14.5. The van der Waals surface area contributed by atoms with Crippen LogP contribution in [0.5, 0.6) is 0 Å². The average Bonchev–Trinajstić information content (AvgIpc) is 2.79. The molecule has 0 aromatic carbocycles. The molecule has 37 heavy (non-hydrogen) atoms. The van der Waals surface area contributed by atoms with E-state index in [4.69, 9.17) is 9.47 Å². The normalized spacial score (nSPS) is 55.8. The summed E-state index contributed by atoms with van der Waals surface area (Å²) in [6.45, 7) is 18.0. The minimum Gasteiger partial charge on any atom is -0.462 e. The van der Waals surface area contributed by atoms with Crippen LogP contribution in [0.15, 0.2) is 0 Å². The fraction of sp³-hybridized carbons (Fsp3) is 0.906. The van der Waals surface area contributed by atoms with Crippen LogP contribution in [0.25, 0.3) is 0 Å². The fourth-order valence-electron chi connectivity index (χ4n) is 12.3. The highest BCUT2D eigenvalue weighted by Gasteiger charge is 2.76. The molecule has 5 heteroatoms. The van der Waals surface area contributed by atoms with Crippen LogP contribution in [-0.2, 0) is 23.9 Å². The molecule has 5 aliphatic carbocycles. The summed E-state index contributed by atoms with van der Waals surface area (Å²) in [5, 5.41) is 0. The number of Topliss-reactive ketones (excluding diaryl/α,β-unsaturated/α-hetero) is 1. The molecule has 0 amide bonds. The van der Waals surface area contributed by atoms with E-state index in [1.165, 1.54) is 19.3 Å². The van der Waals surface area contributed by atoms with Crippen molar-refractivity contribution in [3.05, 3.63) is 0 Å². The fourth-order valence-corrected chi connectivity index (χ4v) is 12.3. The molecule has 0 aromatic heterocycles. The van der Waals surface area contributed by atoms with Gasteiger partial charge in [-0.3, -0.25) is 14.4 Å². The molecule has 206 valence electrons. The van der Waals surface area contributed by atoms with Gasteiger partial charge in [0.15, 0.2) is 11.4 Å². The Balaban J connectivity index is 1.37. The smallest absolute Gasteiger partial charge is 0.313 e. The molecule has 0 unspecified atom stereocenters. The number of fused-ring (bicyclic) bond motifs is 7. The van der Waals surface area contributed by atoms with Crippen LogP contribution < -0.4 is 0 Å². The van der Waals surface area contributed by atoms with Gasteiger partial charge in [0.1, 0.15) is 6.10 Å². The Morgan fingerprint density at radius 3 is 2.24 bits per heavy atom. The van der Waals surface area contributed by atoms with E-state index >= 15 is 0 Å². The summed E-state index contributed by atoms with van der Waals surface area (Å²) >= 11 is 0. The molecule has 2 bridgehead atoms. The van der Waals surface area contributed by atoms with Crippen molar-refractivity contribution in [2.24, 2.45) is 56.7 Å². The van der Waals surface area contributed by atoms with Crippen molar-refractivity contribution in [2.45, 2.75) is 125 Å². The maximum absolute atomic E-state index is 13.5. The lowest BCUT2D eigenvalue weighted by molar-refractivity contribution is -0.281. The van der Waals surface area contributed by atoms with Crippen molar-refractivity contribution in [1.29, 1.82) is 0 Å². The first-order valence-corrected chi connectivity index (χ1v) is 15.0. The lowest BCUT2D eigenvalue weighted by Gasteiger charge is -2.74. The molecule has 2 aliphatic heterocycles. The summed E-state index contributed by atoms with van der Waals surface area (Å²) in [4.78, 5) is 38.5. The second-order valence-electron chi connectivity index (χ2n) is 15.7. The van der Waals surface area contributed by atoms with Gasteiger partial charge in [-0.15, -0.1) is 0 Å². The van der Waals surface area contributed by atoms with Gasteiger partial charge in [0, 0.05) is 24.7 Å². The molecular formula is C32H48O5. The third-order valence-electron chi connectivity index (χ3n) is 14.5. The highest BCUT2D eigenvalue weighted by molar-refractivity contribution is 6.00. The Kier molecular flexibility index (Phi) is 5.18. The molecule has 1 spiro atoms. The van der Waals surface area contributed by atoms with E-state index in [9.17, 15) is 14.4 Å². The Morgan fingerprint density at radius 2 is 1.57 bits per heavy atom. The van der Waals surface area contributed by atoms with Crippen LogP contribution in [0.1, 0.15) is 113 Å². The monoisotopic (exact) mass is 512 g/mol. The van der Waals surface area contributed by atoms with Crippen molar-refractivity contribution in [1.82, 2.24) is 0 Å². The summed E-state index contributed by atoms with van der Waals surface area (Å²) in [5.41, 5.74) is -1.05. The molecule has 5 saturated carbocycles. The van der Waals surface area contributed by atoms with E-state index in [1.54, 1.807) is 6.92 Å². The van der Waals surface area contributed by atoms with Gasteiger partial charge in [0.05, 0.1) is 5.41 Å². The molecule has 7 rings (SSSR count). The number of ketones is 1. The summed E-state index contributed by atoms with van der Waals surface area (Å²) in [7, 11) is 0. The first-order valence-electron chi connectivity index (χ1n) is 15.0. The molecule has 7 aliphatic rings. The highest BCUT2D eigenvalue weighted by Crippen LogP contribution is 2.78. The predicted octanol–water partition coefficient (Wildman–Crippen LogP) is 6.51. The predicted molar refractivity (Wildman–Crippen MR) is 140 cm³/mol. The number of carbonyl (C=O) groups is 3. The molecular weight excluding hydrogens is 464 g/mol. The lowest BCUT2D eigenvalue weighted by Crippen LogP contribution is -2.74. The standard InChI is InChI=1S/C32H48O5/c1-18-25-20-9-10-22-28(5)13-12-24(36-19(2)33)27(3,4)21(28)11-14-30(22,7)29(20,6)15-16-32(25)17-23(34)31(18,8)37-26(32)35/h18,20-22,24-25H,9-17H2,1-8H3/t18-,20-,21-,22+,24-,25+,28+,29+,30-,31+,32+/m0/s1. The number of rotatable bonds is 1. The molecule has 7 fully saturated rings.